The monoisotopic (exact) mass is 181 g/mol. The summed E-state index contributed by atoms with van der Waals surface area (Å²) in [5.41, 5.74) is -0.178. The summed E-state index contributed by atoms with van der Waals surface area (Å²) in [7, 11) is 1.70. The predicted octanol–water partition coefficient (Wildman–Crippen LogP) is 1.31. The predicted molar refractivity (Wildman–Crippen MR) is 48.7 cm³/mol. The van der Waals surface area contributed by atoms with Gasteiger partial charge in [-0.15, -0.1) is 11.3 Å². The third kappa shape index (κ3) is 0.848. The molecule has 2 aromatic rings. The van der Waals surface area contributed by atoms with Crippen molar-refractivity contribution in [3.05, 3.63) is 27.9 Å². The van der Waals surface area contributed by atoms with Crippen LogP contribution in [0, 0.1) is 0 Å². The Hall–Kier alpha value is -1.29. The van der Waals surface area contributed by atoms with Crippen LogP contribution in [0.5, 0.6) is 5.75 Å². The van der Waals surface area contributed by atoms with Gasteiger partial charge in [-0.05, 0) is 11.4 Å². The Labute approximate surface area is 72.5 Å². The quantitative estimate of drug-likeness (QED) is 0.665. The van der Waals surface area contributed by atoms with Crippen molar-refractivity contribution in [3.63, 3.8) is 0 Å². The molecule has 1 N–H and O–H groups in total. The summed E-state index contributed by atoms with van der Waals surface area (Å²) in [5.74, 6) is 0.0642. The third-order valence-corrected chi connectivity index (χ3v) is 2.81. The molecule has 3 nitrogen and oxygen atoms in total. The second-order valence-electron chi connectivity index (χ2n) is 2.57. The first-order chi connectivity index (χ1) is 5.70. The molecule has 0 spiro atoms. The molecule has 12 heavy (non-hydrogen) atoms. The first kappa shape index (κ1) is 7.36. The lowest BCUT2D eigenvalue weighted by molar-refractivity contribution is 0.479. The molecule has 62 valence electrons. The number of aromatic nitrogens is 1. The van der Waals surface area contributed by atoms with Crippen LogP contribution >= 0.6 is 11.3 Å². The molecule has 0 unspecified atom stereocenters. The fourth-order valence-electron chi connectivity index (χ4n) is 1.15. The lowest BCUT2D eigenvalue weighted by Gasteiger charge is -1.99. The van der Waals surface area contributed by atoms with E-state index in [9.17, 15) is 9.90 Å². The van der Waals surface area contributed by atoms with Crippen molar-refractivity contribution >= 4 is 21.6 Å². The first-order valence-electron chi connectivity index (χ1n) is 3.46. The molecule has 0 aliphatic carbocycles. The molecule has 0 aliphatic rings. The first-order valence-corrected chi connectivity index (χ1v) is 4.34. The molecule has 0 radical (unpaired) electrons. The van der Waals surface area contributed by atoms with E-state index >= 15 is 0 Å². The van der Waals surface area contributed by atoms with Crippen LogP contribution in [0.15, 0.2) is 22.3 Å². The summed E-state index contributed by atoms with van der Waals surface area (Å²) in [6, 6.07) is 3.03. The van der Waals surface area contributed by atoms with Gasteiger partial charge in [0, 0.05) is 13.1 Å². The van der Waals surface area contributed by atoms with Gasteiger partial charge in [0.05, 0.1) is 5.39 Å². The van der Waals surface area contributed by atoms with Crippen LogP contribution in [0.25, 0.3) is 10.2 Å². The summed E-state index contributed by atoms with van der Waals surface area (Å²) >= 11 is 1.45. The molecular formula is C8H7NO2S. The van der Waals surface area contributed by atoms with Gasteiger partial charge in [0.1, 0.15) is 10.6 Å². The standard InChI is InChI=1S/C8H7NO2S/c1-9-7(11)4-6(10)5-2-3-12-8(5)9/h2-4,10H,1H3. The van der Waals surface area contributed by atoms with Gasteiger partial charge >= 0.3 is 0 Å². The van der Waals surface area contributed by atoms with E-state index in [1.54, 1.807) is 13.1 Å². The zero-order valence-corrected chi connectivity index (χ0v) is 7.26. The van der Waals surface area contributed by atoms with Gasteiger partial charge in [-0.25, -0.2) is 0 Å². The molecule has 2 aromatic heterocycles. The average molecular weight is 181 g/mol. The number of pyridine rings is 1. The van der Waals surface area contributed by atoms with Crippen LogP contribution in [-0.4, -0.2) is 9.67 Å². The molecule has 4 heteroatoms. The maximum Gasteiger partial charge on any atom is 0.255 e. The largest absolute Gasteiger partial charge is 0.507 e. The van der Waals surface area contributed by atoms with E-state index in [1.807, 2.05) is 5.38 Å². The lowest BCUT2D eigenvalue weighted by atomic mass is 10.3. The molecule has 0 amide bonds. The Morgan fingerprint density at radius 1 is 1.58 bits per heavy atom. The van der Waals surface area contributed by atoms with Crippen LogP contribution < -0.4 is 5.56 Å². The number of hydrogen-bond acceptors (Lipinski definition) is 3. The Kier molecular flexibility index (Phi) is 1.44. The van der Waals surface area contributed by atoms with Crippen molar-refractivity contribution < 1.29 is 5.11 Å². The number of fused-ring (bicyclic) bond motifs is 1. The lowest BCUT2D eigenvalue weighted by Crippen LogP contribution is -2.13. The van der Waals surface area contributed by atoms with Gasteiger partial charge < -0.3 is 9.67 Å². The summed E-state index contributed by atoms with van der Waals surface area (Å²) in [4.78, 5) is 12.0. The minimum atomic E-state index is -0.178. The normalized spacial score (nSPS) is 10.8. The SMILES string of the molecule is Cn1c(=O)cc(O)c2ccsc21. The van der Waals surface area contributed by atoms with Crippen molar-refractivity contribution in [2.45, 2.75) is 0 Å². The number of rotatable bonds is 0. The highest BCUT2D eigenvalue weighted by atomic mass is 32.1. The smallest absolute Gasteiger partial charge is 0.255 e. The van der Waals surface area contributed by atoms with Gasteiger partial charge in [0.2, 0.25) is 0 Å². The summed E-state index contributed by atoms with van der Waals surface area (Å²) in [5, 5.41) is 11.9. The molecule has 0 saturated heterocycles. The van der Waals surface area contributed by atoms with Gasteiger partial charge in [-0.3, -0.25) is 4.79 Å². The van der Waals surface area contributed by atoms with Crippen LogP contribution in [0.2, 0.25) is 0 Å². The summed E-state index contributed by atoms with van der Waals surface area (Å²) in [6.45, 7) is 0. The van der Waals surface area contributed by atoms with E-state index < -0.39 is 0 Å². The van der Waals surface area contributed by atoms with Crippen LogP contribution in [0.1, 0.15) is 0 Å². The van der Waals surface area contributed by atoms with Crippen molar-refractivity contribution in [1.29, 1.82) is 0 Å². The second kappa shape index (κ2) is 2.35. The van der Waals surface area contributed by atoms with Gasteiger partial charge in [0.25, 0.3) is 5.56 Å². The molecular weight excluding hydrogens is 174 g/mol. The van der Waals surface area contributed by atoms with Crippen molar-refractivity contribution in [2.24, 2.45) is 7.05 Å². The minimum Gasteiger partial charge on any atom is -0.507 e. The van der Waals surface area contributed by atoms with E-state index in [0.717, 1.165) is 10.2 Å². The van der Waals surface area contributed by atoms with Crippen LogP contribution in [0.3, 0.4) is 0 Å². The summed E-state index contributed by atoms with van der Waals surface area (Å²) < 4.78 is 1.53. The fraction of sp³-hybridized carbons (Fsp3) is 0.125. The third-order valence-electron chi connectivity index (χ3n) is 1.82. The van der Waals surface area contributed by atoms with Crippen molar-refractivity contribution in [1.82, 2.24) is 4.57 Å². The van der Waals surface area contributed by atoms with E-state index in [0.29, 0.717) is 0 Å². The Morgan fingerprint density at radius 3 is 3.08 bits per heavy atom. The van der Waals surface area contributed by atoms with Crippen LogP contribution in [-0.2, 0) is 7.05 Å². The number of aromatic hydroxyl groups is 1. The number of aryl methyl sites for hydroxylation is 1. The number of hydrogen-bond donors (Lipinski definition) is 1. The van der Waals surface area contributed by atoms with Gasteiger partial charge in [-0.2, -0.15) is 0 Å². The minimum absolute atomic E-state index is 0.0642. The highest BCUT2D eigenvalue weighted by Gasteiger charge is 2.05. The second-order valence-corrected chi connectivity index (χ2v) is 3.46. The Morgan fingerprint density at radius 2 is 2.33 bits per heavy atom. The molecule has 2 heterocycles. The molecule has 2 rings (SSSR count). The van der Waals surface area contributed by atoms with Crippen LogP contribution in [0.4, 0.5) is 0 Å². The molecule has 0 saturated carbocycles. The van der Waals surface area contributed by atoms with E-state index in [4.69, 9.17) is 0 Å². The van der Waals surface area contributed by atoms with Crippen molar-refractivity contribution in [3.8, 4) is 5.75 Å². The molecule has 0 aliphatic heterocycles. The zero-order valence-electron chi connectivity index (χ0n) is 6.44. The molecule has 0 atom stereocenters. The summed E-state index contributed by atoms with van der Waals surface area (Å²) in [6.07, 6.45) is 0. The van der Waals surface area contributed by atoms with Crippen molar-refractivity contribution in [2.75, 3.05) is 0 Å². The zero-order chi connectivity index (χ0) is 8.72. The maximum absolute atomic E-state index is 11.2. The molecule has 0 fully saturated rings. The Bertz CT molecular complexity index is 483. The maximum atomic E-state index is 11.2. The van der Waals surface area contributed by atoms with E-state index in [-0.39, 0.29) is 11.3 Å². The van der Waals surface area contributed by atoms with E-state index in [1.165, 1.54) is 22.0 Å². The highest BCUT2D eigenvalue weighted by Crippen LogP contribution is 2.25. The molecule has 0 aromatic carbocycles. The molecule has 0 bridgehead atoms. The van der Waals surface area contributed by atoms with Gasteiger partial charge in [0.15, 0.2) is 0 Å². The topological polar surface area (TPSA) is 42.2 Å². The fourth-order valence-corrected chi connectivity index (χ4v) is 2.03. The van der Waals surface area contributed by atoms with E-state index in [2.05, 4.69) is 0 Å². The average Bonchev–Trinajstić information content (AvgIpc) is 2.48. The number of nitrogens with zero attached hydrogens (tertiary/aromatic N) is 1. The highest BCUT2D eigenvalue weighted by molar-refractivity contribution is 7.16. The Balaban J connectivity index is 3.07. The number of thiophene rings is 1. The van der Waals surface area contributed by atoms with Gasteiger partial charge in [-0.1, -0.05) is 0 Å².